The highest BCUT2D eigenvalue weighted by atomic mass is 15.3. The molecule has 1 atom stereocenters. The van der Waals surface area contributed by atoms with Gasteiger partial charge >= 0.3 is 0 Å². The van der Waals surface area contributed by atoms with E-state index >= 15 is 0 Å². The van der Waals surface area contributed by atoms with Crippen LogP contribution in [0.4, 0.5) is 0 Å². The molecule has 6 heteroatoms. The van der Waals surface area contributed by atoms with Gasteiger partial charge in [-0.2, -0.15) is 5.10 Å². The monoisotopic (exact) mass is 356 g/mol. The largest absolute Gasteiger partial charge is 0.356 e. The minimum atomic E-state index is 0.490. The smallest absolute Gasteiger partial charge is 0.193 e. The highest BCUT2D eigenvalue weighted by Crippen LogP contribution is 2.08. The molecule has 6 nitrogen and oxygen atoms in total. The fourth-order valence-corrected chi connectivity index (χ4v) is 2.93. The predicted octanol–water partition coefficient (Wildman–Crippen LogP) is 2.34. The van der Waals surface area contributed by atoms with Gasteiger partial charge in [-0.25, -0.2) is 0 Å². The number of nitrogens with zero attached hydrogens (tertiary/aromatic N) is 5. The van der Waals surface area contributed by atoms with Crippen molar-refractivity contribution >= 4 is 5.96 Å². The second kappa shape index (κ2) is 9.97. The fourth-order valence-electron chi connectivity index (χ4n) is 2.93. The lowest BCUT2D eigenvalue weighted by Crippen LogP contribution is -2.40. The number of aliphatic imine (C=N–C) groups is 1. The summed E-state index contributed by atoms with van der Waals surface area (Å²) in [5.74, 6) is 0.909. The number of aryl methyl sites for hydroxylation is 1. The Morgan fingerprint density at radius 2 is 1.92 bits per heavy atom. The molecule has 1 heterocycles. The first kappa shape index (κ1) is 20.0. The average Bonchev–Trinajstić information content (AvgIpc) is 3.04. The minimum Gasteiger partial charge on any atom is -0.356 e. The third kappa shape index (κ3) is 6.19. The molecule has 0 saturated heterocycles. The third-order valence-electron chi connectivity index (χ3n) is 4.62. The lowest BCUT2D eigenvalue weighted by atomic mass is 10.1. The quantitative estimate of drug-likeness (QED) is 0.583. The summed E-state index contributed by atoms with van der Waals surface area (Å²) in [6.07, 6.45) is 4.98. The topological polar surface area (TPSA) is 48.7 Å². The van der Waals surface area contributed by atoms with Gasteiger partial charge in [-0.15, -0.1) is 0 Å². The Kier molecular flexibility index (Phi) is 7.66. The SMILES string of the molecule is CN=C(NCCC(C)N(C)Cc1ccccc1)N(C)Cc1cnn(C)c1. The van der Waals surface area contributed by atoms with Crippen molar-refractivity contribution in [2.24, 2.45) is 12.0 Å². The number of benzene rings is 1. The van der Waals surface area contributed by atoms with E-state index in [9.17, 15) is 0 Å². The number of hydrogen-bond acceptors (Lipinski definition) is 3. The van der Waals surface area contributed by atoms with E-state index in [1.807, 2.05) is 38.2 Å². The third-order valence-corrected chi connectivity index (χ3v) is 4.62. The first-order valence-corrected chi connectivity index (χ1v) is 9.13. The van der Waals surface area contributed by atoms with Gasteiger partial charge in [0, 0.05) is 58.6 Å². The van der Waals surface area contributed by atoms with Gasteiger partial charge in [0.15, 0.2) is 5.96 Å². The summed E-state index contributed by atoms with van der Waals surface area (Å²) in [5, 5.41) is 7.69. The summed E-state index contributed by atoms with van der Waals surface area (Å²) in [6, 6.07) is 11.1. The molecule has 0 aliphatic rings. The molecule has 0 saturated carbocycles. The van der Waals surface area contributed by atoms with E-state index in [4.69, 9.17) is 0 Å². The number of aromatic nitrogens is 2. The normalized spacial score (nSPS) is 13.1. The van der Waals surface area contributed by atoms with Crippen molar-refractivity contribution in [3.8, 4) is 0 Å². The highest BCUT2D eigenvalue weighted by molar-refractivity contribution is 5.79. The van der Waals surface area contributed by atoms with E-state index in [-0.39, 0.29) is 0 Å². The fraction of sp³-hybridized carbons (Fsp3) is 0.500. The van der Waals surface area contributed by atoms with Gasteiger partial charge in [0.1, 0.15) is 0 Å². The maximum Gasteiger partial charge on any atom is 0.193 e. The summed E-state index contributed by atoms with van der Waals surface area (Å²) in [7, 11) is 7.99. The first-order valence-electron chi connectivity index (χ1n) is 9.13. The van der Waals surface area contributed by atoms with Crippen LogP contribution in [0, 0.1) is 0 Å². The van der Waals surface area contributed by atoms with Gasteiger partial charge in [-0.3, -0.25) is 14.6 Å². The molecular formula is C20H32N6. The zero-order valence-corrected chi connectivity index (χ0v) is 16.7. The first-order chi connectivity index (χ1) is 12.5. The van der Waals surface area contributed by atoms with Gasteiger partial charge in [0.25, 0.3) is 0 Å². The van der Waals surface area contributed by atoms with E-state index in [0.717, 1.165) is 32.0 Å². The summed E-state index contributed by atoms with van der Waals surface area (Å²) < 4.78 is 1.82. The number of nitrogens with one attached hydrogen (secondary N) is 1. The Morgan fingerprint density at radius 1 is 1.19 bits per heavy atom. The molecule has 1 N–H and O–H groups in total. The second-order valence-corrected chi connectivity index (χ2v) is 6.89. The van der Waals surface area contributed by atoms with Crippen LogP contribution < -0.4 is 5.32 Å². The lowest BCUT2D eigenvalue weighted by molar-refractivity contribution is 0.238. The Morgan fingerprint density at radius 3 is 2.54 bits per heavy atom. The second-order valence-electron chi connectivity index (χ2n) is 6.89. The number of guanidine groups is 1. The predicted molar refractivity (Wildman–Crippen MR) is 108 cm³/mol. The van der Waals surface area contributed by atoms with Crippen molar-refractivity contribution in [1.82, 2.24) is 24.9 Å². The maximum absolute atomic E-state index is 4.39. The molecule has 1 aromatic carbocycles. The van der Waals surface area contributed by atoms with Crippen LogP contribution in [0.1, 0.15) is 24.5 Å². The van der Waals surface area contributed by atoms with Gasteiger partial charge in [0.05, 0.1) is 6.20 Å². The molecule has 26 heavy (non-hydrogen) atoms. The Balaban J connectivity index is 1.75. The summed E-state index contributed by atoms with van der Waals surface area (Å²) in [6.45, 7) is 4.92. The molecule has 0 amide bonds. The zero-order chi connectivity index (χ0) is 18.9. The van der Waals surface area contributed by atoms with Gasteiger partial charge in [0.2, 0.25) is 0 Å². The van der Waals surface area contributed by atoms with Crippen molar-refractivity contribution in [1.29, 1.82) is 0 Å². The van der Waals surface area contributed by atoms with Crippen LogP contribution in [0.25, 0.3) is 0 Å². The van der Waals surface area contributed by atoms with Crippen molar-refractivity contribution in [3.05, 3.63) is 53.9 Å². The Bertz CT molecular complexity index is 679. The summed E-state index contributed by atoms with van der Waals surface area (Å²) in [5.41, 5.74) is 2.52. The van der Waals surface area contributed by atoms with Gasteiger partial charge < -0.3 is 10.2 Å². The number of hydrogen-bond donors (Lipinski definition) is 1. The molecule has 0 aliphatic heterocycles. The van der Waals surface area contributed by atoms with Crippen LogP contribution >= 0.6 is 0 Å². The highest BCUT2D eigenvalue weighted by Gasteiger charge is 2.11. The Hall–Kier alpha value is -2.34. The van der Waals surface area contributed by atoms with Gasteiger partial charge in [-0.05, 0) is 26.0 Å². The number of rotatable bonds is 8. The molecule has 1 aromatic heterocycles. The molecule has 2 rings (SSSR count). The van der Waals surface area contributed by atoms with E-state index in [0.29, 0.717) is 6.04 Å². The van der Waals surface area contributed by atoms with Crippen LogP contribution in [0.5, 0.6) is 0 Å². The molecule has 1 unspecified atom stereocenters. The van der Waals surface area contributed by atoms with Crippen molar-refractivity contribution < 1.29 is 0 Å². The maximum atomic E-state index is 4.39. The summed E-state index contributed by atoms with van der Waals surface area (Å²) >= 11 is 0. The van der Waals surface area contributed by atoms with E-state index in [2.05, 4.69) is 69.5 Å². The summed E-state index contributed by atoms with van der Waals surface area (Å²) in [4.78, 5) is 8.90. The van der Waals surface area contributed by atoms with Crippen molar-refractivity contribution in [3.63, 3.8) is 0 Å². The van der Waals surface area contributed by atoms with E-state index in [1.165, 1.54) is 11.1 Å². The molecule has 0 radical (unpaired) electrons. The molecule has 142 valence electrons. The minimum absolute atomic E-state index is 0.490. The average molecular weight is 357 g/mol. The van der Waals surface area contributed by atoms with Crippen LogP contribution in [0.15, 0.2) is 47.7 Å². The Labute approximate surface area is 157 Å². The van der Waals surface area contributed by atoms with Crippen molar-refractivity contribution in [2.45, 2.75) is 32.5 Å². The van der Waals surface area contributed by atoms with Crippen LogP contribution in [0.3, 0.4) is 0 Å². The standard InChI is InChI=1S/C20H32N6/c1-17(24(3)14-18-9-7-6-8-10-18)11-12-22-20(21-2)25(4)15-19-13-23-26(5)16-19/h6-10,13,16-17H,11-12,14-15H2,1-5H3,(H,21,22). The van der Waals surface area contributed by atoms with Crippen molar-refractivity contribution in [2.75, 3.05) is 27.7 Å². The van der Waals surface area contributed by atoms with E-state index in [1.54, 1.807) is 0 Å². The van der Waals surface area contributed by atoms with Gasteiger partial charge in [-0.1, -0.05) is 30.3 Å². The zero-order valence-electron chi connectivity index (χ0n) is 16.7. The molecule has 0 fully saturated rings. The molecule has 0 bridgehead atoms. The molecular weight excluding hydrogens is 324 g/mol. The van der Waals surface area contributed by atoms with Crippen LogP contribution in [-0.4, -0.2) is 59.3 Å². The molecule has 2 aromatic rings. The molecule has 0 aliphatic carbocycles. The van der Waals surface area contributed by atoms with Crippen LogP contribution in [0.2, 0.25) is 0 Å². The lowest BCUT2D eigenvalue weighted by Gasteiger charge is -2.26. The van der Waals surface area contributed by atoms with Crippen LogP contribution in [-0.2, 0) is 20.1 Å². The molecule has 0 spiro atoms. The van der Waals surface area contributed by atoms with E-state index < -0.39 is 0 Å².